The minimum atomic E-state index is 0.229. The van der Waals surface area contributed by atoms with Gasteiger partial charge in [0.25, 0.3) is 0 Å². The van der Waals surface area contributed by atoms with E-state index in [-0.39, 0.29) is 6.17 Å². The monoisotopic (exact) mass is 247 g/mol. The van der Waals surface area contributed by atoms with Gasteiger partial charge in [-0.05, 0) is 32.2 Å². The van der Waals surface area contributed by atoms with Crippen molar-refractivity contribution in [1.82, 2.24) is 20.7 Å². The highest BCUT2D eigenvalue weighted by Crippen LogP contribution is 1.98. The first-order chi connectivity index (χ1) is 8.65. The Morgan fingerprint density at radius 2 is 2.39 bits per heavy atom. The van der Waals surface area contributed by atoms with Crippen molar-refractivity contribution in [3.05, 3.63) is 42.2 Å². The van der Waals surface area contributed by atoms with Gasteiger partial charge in [-0.3, -0.25) is 15.7 Å². The van der Waals surface area contributed by atoms with Crippen LogP contribution in [0.15, 0.2) is 36.7 Å². The molecule has 0 bridgehead atoms. The third kappa shape index (κ3) is 4.75. The van der Waals surface area contributed by atoms with Crippen molar-refractivity contribution in [1.29, 1.82) is 5.41 Å². The summed E-state index contributed by atoms with van der Waals surface area (Å²) in [6, 6.07) is 3.71. The minimum Gasteiger partial charge on any atom is -0.300 e. The zero-order chi connectivity index (χ0) is 13.4. The molecule has 0 saturated carbocycles. The maximum atomic E-state index is 7.86. The van der Waals surface area contributed by atoms with Gasteiger partial charge in [0.1, 0.15) is 0 Å². The van der Waals surface area contributed by atoms with Gasteiger partial charge in [0.2, 0.25) is 0 Å². The molecule has 0 amide bonds. The lowest BCUT2D eigenvalue weighted by Gasteiger charge is -2.23. The normalized spacial score (nSPS) is 13.1. The van der Waals surface area contributed by atoms with Crippen LogP contribution in [-0.2, 0) is 0 Å². The second kappa shape index (κ2) is 7.71. The third-order valence-electron chi connectivity index (χ3n) is 2.72. The molecule has 1 atom stereocenters. The van der Waals surface area contributed by atoms with E-state index in [1.807, 2.05) is 37.3 Å². The fourth-order valence-corrected chi connectivity index (χ4v) is 1.36. The lowest BCUT2D eigenvalue weighted by atomic mass is 10.2. The molecular formula is C13H21N5. The number of nitrogens with one attached hydrogen (secondary N) is 3. The van der Waals surface area contributed by atoms with Crippen LogP contribution in [0.25, 0.3) is 0 Å². The van der Waals surface area contributed by atoms with E-state index in [2.05, 4.69) is 22.7 Å². The molecule has 1 aromatic rings. The lowest BCUT2D eigenvalue weighted by Crippen LogP contribution is -2.47. The summed E-state index contributed by atoms with van der Waals surface area (Å²) in [7, 11) is 3.85. The third-order valence-corrected chi connectivity index (χ3v) is 2.72. The summed E-state index contributed by atoms with van der Waals surface area (Å²) in [5.74, 6) is 0. The van der Waals surface area contributed by atoms with Gasteiger partial charge in [-0.2, -0.15) is 0 Å². The van der Waals surface area contributed by atoms with Crippen LogP contribution >= 0.6 is 0 Å². The average molecular weight is 247 g/mol. The standard InChI is InChI=1S/C13H21N5/c1-11(18(3)15-2)17-9-5-7-13(14)12-6-4-8-16-10-12/h4-8,10-11,14-15,17H,9H2,1-3H3/b7-5-,14-13?. The smallest absolute Gasteiger partial charge is 0.0703 e. The molecule has 5 heteroatoms. The summed E-state index contributed by atoms with van der Waals surface area (Å²) in [5.41, 5.74) is 4.34. The number of hydrazine groups is 1. The van der Waals surface area contributed by atoms with E-state index < -0.39 is 0 Å². The number of allylic oxidation sites excluding steroid dienone is 1. The van der Waals surface area contributed by atoms with E-state index in [0.717, 1.165) is 12.1 Å². The summed E-state index contributed by atoms with van der Waals surface area (Å²) in [6.45, 7) is 2.78. The van der Waals surface area contributed by atoms with Crippen molar-refractivity contribution in [3.63, 3.8) is 0 Å². The van der Waals surface area contributed by atoms with Crippen LogP contribution in [0.5, 0.6) is 0 Å². The van der Waals surface area contributed by atoms with Crippen molar-refractivity contribution in [2.45, 2.75) is 13.1 Å². The van der Waals surface area contributed by atoms with Crippen molar-refractivity contribution >= 4 is 5.71 Å². The van der Waals surface area contributed by atoms with Crippen LogP contribution in [-0.4, -0.2) is 42.5 Å². The summed E-state index contributed by atoms with van der Waals surface area (Å²) in [6.07, 6.45) is 7.35. The Morgan fingerprint density at radius 3 is 3.00 bits per heavy atom. The van der Waals surface area contributed by atoms with E-state index in [4.69, 9.17) is 5.41 Å². The molecule has 0 aliphatic carbocycles. The molecule has 18 heavy (non-hydrogen) atoms. The first-order valence-corrected chi connectivity index (χ1v) is 5.94. The largest absolute Gasteiger partial charge is 0.300 e. The number of hydrogen-bond donors (Lipinski definition) is 3. The van der Waals surface area contributed by atoms with Gasteiger partial charge in [0.15, 0.2) is 0 Å². The number of rotatable bonds is 7. The lowest BCUT2D eigenvalue weighted by molar-refractivity contribution is 0.168. The molecule has 98 valence electrons. The molecule has 5 nitrogen and oxygen atoms in total. The molecule has 0 saturated heterocycles. The van der Waals surface area contributed by atoms with E-state index in [1.165, 1.54) is 0 Å². The molecule has 1 aromatic heterocycles. The van der Waals surface area contributed by atoms with Crippen molar-refractivity contribution in [2.24, 2.45) is 0 Å². The molecule has 1 heterocycles. The van der Waals surface area contributed by atoms with Crippen molar-refractivity contribution in [2.75, 3.05) is 20.6 Å². The van der Waals surface area contributed by atoms with Gasteiger partial charge >= 0.3 is 0 Å². The predicted octanol–water partition coefficient (Wildman–Crippen LogP) is 1.01. The van der Waals surface area contributed by atoms with Gasteiger partial charge < -0.3 is 5.41 Å². The molecule has 0 radical (unpaired) electrons. The van der Waals surface area contributed by atoms with Crippen LogP contribution in [0.1, 0.15) is 12.5 Å². The van der Waals surface area contributed by atoms with E-state index in [9.17, 15) is 0 Å². The zero-order valence-electron chi connectivity index (χ0n) is 11.1. The Bertz CT molecular complexity index is 388. The molecular weight excluding hydrogens is 226 g/mol. The molecule has 0 fully saturated rings. The van der Waals surface area contributed by atoms with E-state index >= 15 is 0 Å². The summed E-state index contributed by atoms with van der Waals surface area (Å²) >= 11 is 0. The second-order valence-corrected chi connectivity index (χ2v) is 3.98. The minimum absolute atomic E-state index is 0.229. The highest BCUT2D eigenvalue weighted by Gasteiger charge is 2.03. The Kier molecular flexibility index (Phi) is 6.21. The number of nitrogens with zero attached hydrogens (tertiary/aromatic N) is 2. The fraction of sp³-hybridized carbons (Fsp3) is 0.385. The van der Waals surface area contributed by atoms with Crippen molar-refractivity contribution < 1.29 is 0 Å². The Hall–Kier alpha value is -1.56. The molecule has 0 aliphatic heterocycles. The predicted molar refractivity (Wildman–Crippen MR) is 74.5 cm³/mol. The van der Waals surface area contributed by atoms with Gasteiger partial charge in [-0.1, -0.05) is 6.08 Å². The van der Waals surface area contributed by atoms with E-state index in [1.54, 1.807) is 18.5 Å². The quantitative estimate of drug-likeness (QED) is 0.382. The van der Waals surface area contributed by atoms with Crippen LogP contribution in [0.4, 0.5) is 0 Å². The van der Waals surface area contributed by atoms with Crippen LogP contribution < -0.4 is 10.7 Å². The molecule has 3 N–H and O–H groups in total. The number of aromatic nitrogens is 1. The Balaban J connectivity index is 2.35. The average Bonchev–Trinajstić information content (AvgIpc) is 2.43. The number of pyridine rings is 1. The maximum absolute atomic E-state index is 7.86. The van der Waals surface area contributed by atoms with Crippen LogP contribution in [0, 0.1) is 5.41 Å². The van der Waals surface area contributed by atoms with Gasteiger partial charge in [-0.25, -0.2) is 5.01 Å². The van der Waals surface area contributed by atoms with Crippen LogP contribution in [0.3, 0.4) is 0 Å². The highest BCUT2D eigenvalue weighted by molar-refractivity contribution is 6.06. The molecule has 1 rings (SSSR count). The fourth-order valence-electron chi connectivity index (χ4n) is 1.36. The first kappa shape index (κ1) is 14.5. The Morgan fingerprint density at radius 1 is 1.61 bits per heavy atom. The molecule has 0 spiro atoms. The highest BCUT2D eigenvalue weighted by atomic mass is 15.5. The number of hydrogen-bond acceptors (Lipinski definition) is 5. The zero-order valence-corrected chi connectivity index (χ0v) is 11.1. The first-order valence-electron chi connectivity index (χ1n) is 5.94. The van der Waals surface area contributed by atoms with E-state index in [0.29, 0.717) is 5.71 Å². The summed E-state index contributed by atoms with van der Waals surface area (Å²) < 4.78 is 0. The SMILES string of the molecule is CNN(C)C(C)NC/C=C\C(=N)c1cccnc1. The molecule has 0 aliphatic rings. The topological polar surface area (TPSA) is 64.0 Å². The maximum Gasteiger partial charge on any atom is 0.0703 e. The molecule has 0 aromatic carbocycles. The summed E-state index contributed by atoms with van der Waals surface area (Å²) in [4.78, 5) is 3.99. The van der Waals surface area contributed by atoms with Gasteiger partial charge in [-0.15, -0.1) is 0 Å². The van der Waals surface area contributed by atoms with Gasteiger partial charge in [0.05, 0.1) is 11.9 Å². The second-order valence-electron chi connectivity index (χ2n) is 3.98. The summed E-state index contributed by atoms with van der Waals surface area (Å²) in [5, 5.41) is 13.1. The Labute approximate surface area is 108 Å². The molecule has 1 unspecified atom stereocenters. The van der Waals surface area contributed by atoms with Gasteiger partial charge in [0, 0.05) is 31.5 Å². The van der Waals surface area contributed by atoms with Crippen LogP contribution in [0.2, 0.25) is 0 Å². The van der Waals surface area contributed by atoms with Crippen molar-refractivity contribution in [3.8, 4) is 0 Å².